The van der Waals surface area contributed by atoms with Gasteiger partial charge in [-0.15, -0.1) is 0 Å². The molecule has 0 aromatic heterocycles. The highest BCUT2D eigenvalue weighted by molar-refractivity contribution is 7.89. The molecule has 0 aliphatic carbocycles. The van der Waals surface area contributed by atoms with Gasteiger partial charge in [0.25, 0.3) is 5.69 Å². The van der Waals surface area contributed by atoms with E-state index in [1.807, 2.05) is 11.8 Å². The quantitative estimate of drug-likeness (QED) is 0.650. The number of morpholine rings is 1. The predicted molar refractivity (Wildman–Crippen MR) is 76.7 cm³/mol. The first kappa shape index (κ1) is 15.7. The van der Waals surface area contributed by atoms with Crippen LogP contribution in [0.15, 0.2) is 23.1 Å². The summed E-state index contributed by atoms with van der Waals surface area (Å²) in [5, 5.41) is 16.3. The molecule has 0 spiro atoms. The fourth-order valence-electron chi connectivity index (χ4n) is 2.38. The lowest BCUT2D eigenvalue weighted by Crippen LogP contribution is -2.45. The smallest absolute Gasteiger partial charge is 0.293 e. The van der Waals surface area contributed by atoms with Crippen molar-refractivity contribution in [2.24, 2.45) is 5.14 Å². The second-order valence-corrected chi connectivity index (χ2v) is 6.34. The fourth-order valence-corrected chi connectivity index (χ4v) is 2.91. The molecule has 1 atom stereocenters. The summed E-state index contributed by atoms with van der Waals surface area (Å²) in [5.41, 5.74) is 0.129. The molecule has 2 rings (SSSR count). The molecule has 1 saturated heterocycles. The van der Waals surface area contributed by atoms with Gasteiger partial charge in [-0.1, -0.05) is 6.92 Å². The normalized spacial score (nSPS) is 19.5. The van der Waals surface area contributed by atoms with E-state index in [0.717, 1.165) is 12.5 Å². The molecule has 116 valence electrons. The Morgan fingerprint density at radius 2 is 2.24 bits per heavy atom. The molecule has 1 aliphatic heterocycles. The number of hydrogen-bond acceptors (Lipinski definition) is 6. The second kappa shape index (κ2) is 5.96. The number of rotatable bonds is 4. The predicted octanol–water partition coefficient (Wildman–Crippen LogP) is 0.857. The zero-order chi connectivity index (χ0) is 15.6. The van der Waals surface area contributed by atoms with Crippen LogP contribution in [-0.2, 0) is 14.8 Å². The molecule has 1 aliphatic rings. The maximum absolute atomic E-state index is 11.3. The molecule has 1 unspecified atom stereocenters. The molecule has 0 amide bonds. The maximum Gasteiger partial charge on any atom is 0.293 e. The number of benzene rings is 1. The van der Waals surface area contributed by atoms with Crippen LogP contribution in [0.25, 0.3) is 0 Å². The average molecular weight is 315 g/mol. The van der Waals surface area contributed by atoms with Gasteiger partial charge in [-0.05, 0) is 18.6 Å². The van der Waals surface area contributed by atoms with Crippen LogP contribution in [0.3, 0.4) is 0 Å². The van der Waals surface area contributed by atoms with Crippen LogP contribution in [0.5, 0.6) is 0 Å². The fraction of sp³-hybridized carbons (Fsp3) is 0.500. The van der Waals surface area contributed by atoms with Crippen molar-refractivity contribution in [1.82, 2.24) is 0 Å². The largest absolute Gasteiger partial charge is 0.377 e. The minimum atomic E-state index is -3.97. The van der Waals surface area contributed by atoms with E-state index in [1.54, 1.807) is 0 Å². The van der Waals surface area contributed by atoms with Crippen molar-refractivity contribution < 1.29 is 18.1 Å². The van der Waals surface area contributed by atoms with Crippen LogP contribution < -0.4 is 10.0 Å². The molecule has 1 heterocycles. The molecule has 1 aromatic rings. The average Bonchev–Trinajstić information content (AvgIpc) is 2.45. The molecular formula is C12H17N3O5S. The lowest BCUT2D eigenvalue weighted by molar-refractivity contribution is -0.384. The highest BCUT2D eigenvalue weighted by Gasteiger charge is 2.28. The van der Waals surface area contributed by atoms with E-state index < -0.39 is 14.9 Å². The monoisotopic (exact) mass is 315 g/mol. The third kappa shape index (κ3) is 3.31. The maximum atomic E-state index is 11.3. The van der Waals surface area contributed by atoms with Crippen molar-refractivity contribution in [2.45, 2.75) is 24.3 Å². The van der Waals surface area contributed by atoms with Gasteiger partial charge in [0.1, 0.15) is 5.69 Å². The summed E-state index contributed by atoms with van der Waals surface area (Å²) in [6.07, 6.45) is 0.772. The number of nitro groups is 1. The highest BCUT2D eigenvalue weighted by atomic mass is 32.2. The lowest BCUT2D eigenvalue weighted by Gasteiger charge is -2.36. The topological polar surface area (TPSA) is 116 Å². The molecule has 21 heavy (non-hydrogen) atoms. The van der Waals surface area contributed by atoms with Gasteiger partial charge in [0.05, 0.1) is 29.1 Å². The SMILES string of the molecule is CCC1COCCN1c1ccc(S(N)(=O)=O)cc1[N+](=O)[O-]. The summed E-state index contributed by atoms with van der Waals surface area (Å²) < 4.78 is 28.1. The number of ether oxygens (including phenoxy) is 1. The van der Waals surface area contributed by atoms with E-state index in [9.17, 15) is 18.5 Å². The summed E-state index contributed by atoms with van der Waals surface area (Å²) in [5.74, 6) is 0. The zero-order valence-corrected chi connectivity index (χ0v) is 12.4. The molecule has 1 fully saturated rings. The standard InChI is InChI=1S/C12H17N3O5S/c1-2-9-8-20-6-5-14(9)11-4-3-10(21(13,18)19)7-12(11)15(16)17/h3-4,7,9H,2,5-6,8H2,1H3,(H2,13,18,19). The molecule has 1 aromatic carbocycles. The van der Waals surface area contributed by atoms with E-state index in [-0.39, 0.29) is 16.6 Å². The molecule has 9 heteroatoms. The molecule has 8 nitrogen and oxygen atoms in total. The van der Waals surface area contributed by atoms with Gasteiger partial charge in [-0.3, -0.25) is 10.1 Å². The molecule has 0 bridgehead atoms. The van der Waals surface area contributed by atoms with Gasteiger partial charge in [0, 0.05) is 12.6 Å². The van der Waals surface area contributed by atoms with E-state index in [2.05, 4.69) is 0 Å². The van der Waals surface area contributed by atoms with Crippen molar-refractivity contribution in [3.8, 4) is 0 Å². The Morgan fingerprint density at radius 1 is 1.52 bits per heavy atom. The zero-order valence-electron chi connectivity index (χ0n) is 11.6. The van der Waals surface area contributed by atoms with Crippen LogP contribution in [0, 0.1) is 10.1 Å². The van der Waals surface area contributed by atoms with Crippen LogP contribution >= 0.6 is 0 Å². The highest BCUT2D eigenvalue weighted by Crippen LogP contribution is 2.33. The number of nitro benzene ring substituents is 1. The van der Waals surface area contributed by atoms with Gasteiger partial charge in [-0.2, -0.15) is 0 Å². The van der Waals surface area contributed by atoms with Gasteiger partial charge < -0.3 is 9.64 Å². The number of anilines is 1. The third-order valence-corrected chi connectivity index (χ3v) is 4.39. The van der Waals surface area contributed by atoms with Gasteiger partial charge in [0.15, 0.2) is 0 Å². The summed E-state index contributed by atoms with van der Waals surface area (Å²) >= 11 is 0. The Balaban J connectivity index is 2.50. The summed E-state index contributed by atoms with van der Waals surface area (Å²) in [4.78, 5) is 12.3. The number of primary sulfonamides is 1. The van der Waals surface area contributed by atoms with E-state index >= 15 is 0 Å². The Morgan fingerprint density at radius 3 is 2.81 bits per heavy atom. The number of nitrogens with zero attached hydrogens (tertiary/aromatic N) is 2. The Hall–Kier alpha value is -1.71. The molecule has 0 radical (unpaired) electrons. The molecular weight excluding hydrogens is 298 g/mol. The summed E-state index contributed by atoms with van der Waals surface area (Å²) in [6.45, 7) is 3.46. The van der Waals surface area contributed by atoms with Crippen LogP contribution in [0.1, 0.15) is 13.3 Å². The lowest BCUT2D eigenvalue weighted by atomic mass is 10.1. The first-order chi connectivity index (χ1) is 9.84. The second-order valence-electron chi connectivity index (χ2n) is 4.78. The number of nitrogens with two attached hydrogens (primary N) is 1. The van der Waals surface area contributed by atoms with Crippen LogP contribution in [0.2, 0.25) is 0 Å². The first-order valence-electron chi connectivity index (χ1n) is 6.50. The van der Waals surface area contributed by atoms with E-state index in [0.29, 0.717) is 25.4 Å². The van der Waals surface area contributed by atoms with E-state index in [4.69, 9.17) is 9.88 Å². The minimum Gasteiger partial charge on any atom is -0.377 e. The number of sulfonamides is 1. The summed E-state index contributed by atoms with van der Waals surface area (Å²) in [7, 11) is -3.97. The van der Waals surface area contributed by atoms with Gasteiger partial charge in [0.2, 0.25) is 10.0 Å². The van der Waals surface area contributed by atoms with Crippen molar-refractivity contribution in [1.29, 1.82) is 0 Å². The molecule has 0 saturated carbocycles. The van der Waals surface area contributed by atoms with Crippen molar-refractivity contribution in [2.75, 3.05) is 24.7 Å². The van der Waals surface area contributed by atoms with Crippen molar-refractivity contribution >= 4 is 21.4 Å². The first-order valence-corrected chi connectivity index (χ1v) is 8.05. The van der Waals surface area contributed by atoms with Crippen molar-refractivity contribution in [3.05, 3.63) is 28.3 Å². The Bertz CT molecular complexity index is 646. The van der Waals surface area contributed by atoms with Gasteiger partial charge >= 0.3 is 0 Å². The molecule has 2 N–H and O–H groups in total. The van der Waals surface area contributed by atoms with Crippen LogP contribution in [-0.4, -0.2) is 39.1 Å². The van der Waals surface area contributed by atoms with E-state index in [1.165, 1.54) is 12.1 Å². The Kier molecular flexibility index (Phi) is 4.45. The summed E-state index contributed by atoms with van der Waals surface area (Å²) in [6, 6.07) is 3.76. The third-order valence-electron chi connectivity index (χ3n) is 3.48. The van der Waals surface area contributed by atoms with Crippen molar-refractivity contribution in [3.63, 3.8) is 0 Å². The Labute approximate surface area is 122 Å². The number of hydrogen-bond donors (Lipinski definition) is 1. The minimum absolute atomic E-state index is 0.0257. The van der Waals surface area contributed by atoms with Crippen LogP contribution in [0.4, 0.5) is 11.4 Å². The van der Waals surface area contributed by atoms with Gasteiger partial charge in [-0.25, -0.2) is 13.6 Å².